The molecular formula is C17H16N4O3. The molecule has 7 heteroatoms. The third-order valence-corrected chi connectivity index (χ3v) is 4.09. The molecular weight excluding hydrogens is 308 g/mol. The van der Waals surface area contributed by atoms with Crippen molar-refractivity contribution in [1.82, 2.24) is 9.97 Å². The summed E-state index contributed by atoms with van der Waals surface area (Å²) in [5.74, 6) is 0.658. The van der Waals surface area contributed by atoms with Gasteiger partial charge in [0.2, 0.25) is 0 Å². The molecule has 1 amide bonds. The smallest absolute Gasteiger partial charge is 0.302 e. The first-order valence-electron chi connectivity index (χ1n) is 7.82. The normalized spacial score (nSPS) is 15.9. The van der Waals surface area contributed by atoms with Crippen LogP contribution in [0.4, 0.5) is 17.3 Å². The predicted octanol–water partition coefficient (Wildman–Crippen LogP) is 2.41. The largest absolute Gasteiger partial charge is 0.461 e. The Kier molecular flexibility index (Phi) is 3.41. The summed E-state index contributed by atoms with van der Waals surface area (Å²) in [7, 11) is 0. The van der Waals surface area contributed by atoms with Gasteiger partial charge in [-0.3, -0.25) is 9.59 Å². The van der Waals surface area contributed by atoms with Crippen molar-refractivity contribution in [2.24, 2.45) is 0 Å². The van der Waals surface area contributed by atoms with Crippen LogP contribution in [0.5, 0.6) is 0 Å². The SMILES string of the molecule is CC(=O)OCc1ccnc2c1NC(=O)c1cccnc1N2C1CC1. The molecule has 1 N–H and O–H groups in total. The number of nitrogens with zero attached hydrogens (tertiary/aromatic N) is 3. The van der Waals surface area contributed by atoms with Crippen LogP contribution in [0.15, 0.2) is 30.6 Å². The highest BCUT2D eigenvalue weighted by molar-refractivity contribution is 6.12. The Hall–Kier alpha value is -2.96. The minimum atomic E-state index is -0.371. The molecule has 1 fully saturated rings. The molecule has 0 aromatic carbocycles. The highest BCUT2D eigenvalue weighted by Crippen LogP contribution is 2.43. The number of carbonyl (C=O) groups is 2. The van der Waals surface area contributed by atoms with Gasteiger partial charge in [-0.25, -0.2) is 9.97 Å². The lowest BCUT2D eigenvalue weighted by atomic mass is 10.2. The Labute approximate surface area is 138 Å². The van der Waals surface area contributed by atoms with E-state index in [9.17, 15) is 9.59 Å². The van der Waals surface area contributed by atoms with Crippen LogP contribution in [0.25, 0.3) is 0 Å². The van der Waals surface area contributed by atoms with Crippen molar-refractivity contribution < 1.29 is 14.3 Å². The molecule has 0 bridgehead atoms. The molecule has 24 heavy (non-hydrogen) atoms. The second kappa shape index (κ2) is 5.59. The summed E-state index contributed by atoms with van der Waals surface area (Å²) in [6, 6.07) is 5.52. The Morgan fingerprint density at radius 3 is 2.83 bits per heavy atom. The van der Waals surface area contributed by atoms with Crippen molar-refractivity contribution in [3.8, 4) is 0 Å². The van der Waals surface area contributed by atoms with Crippen LogP contribution in [0.2, 0.25) is 0 Å². The van der Waals surface area contributed by atoms with E-state index in [1.54, 1.807) is 30.6 Å². The van der Waals surface area contributed by atoms with Gasteiger partial charge in [0.1, 0.15) is 12.4 Å². The van der Waals surface area contributed by atoms with Gasteiger partial charge >= 0.3 is 5.97 Å². The monoisotopic (exact) mass is 324 g/mol. The van der Waals surface area contributed by atoms with Gasteiger partial charge in [0.25, 0.3) is 5.91 Å². The Bertz CT molecular complexity index is 832. The topological polar surface area (TPSA) is 84.4 Å². The zero-order valence-corrected chi connectivity index (χ0v) is 13.2. The molecule has 1 aliphatic heterocycles. The van der Waals surface area contributed by atoms with Crippen molar-refractivity contribution in [1.29, 1.82) is 0 Å². The van der Waals surface area contributed by atoms with E-state index >= 15 is 0 Å². The molecule has 2 aromatic heterocycles. The van der Waals surface area contributed by atoms with E-state index in [-0.39, 0.29) is 24.5 Å². The number of fused-ring (bicyclic) bond motifs is 2. The van der Waals surface area contributed by atoms with Gasteiger partial charge in [0, 0.05) is 30.9 Å². The van der Waals surface area contributed by atoms with Crippen LogP contribution in [0, 0.1) is 0 Å². The number of ether oxygens (including phenoxy) is 1. The van der Waals surface area contributed by atoms with E-state index in [0.717, 1.165) is 12.8 Å². The Morgan fingerprint density at radius 1 is 1.29 bits per heavy atom. The maximum Gasteiger partial charge on any atom is 0.302 e. The first-order chi connectivity index (χ1) is 11.6. The maximum atomic E-state index is 12.6. The summed E-state index contributed by atoms with van der Waals surface area (Å²) in [6.07, 6.45) is 5.39. The van der Waals surface area contributed by atoms with Crippen LogP contribution in [0.1, 0.15) is 35.7 Å². The van der Waals surface area contributed by atoms with Gasteiger partial charge in [0.05, 0.1) is 11.3 Å². The number of hydrogen-bond donors (Lipinski definition) is 1. The van der Waals surface area contributed by atoms with E-state index < -0.39 is 0 Å². The number of nitrogens with one attached hydrogen (secondary N) is 1. The summed E-state index contributed by atoms with van der Waals surface area (Å²) in [6.45, 7) is 1.44. The average molecular weight is 324 g/mol. The van der Waals surface area contributed by atoms with Gasteiger partial charge < -0.3 is 15.0 Å². The lowest BCUT2D eigenvalue weighted by molar-refractivity contribution is -0.142. The summed E-state index contributed by atoms with van der Waals surface area (Å²) in [4.78, 5) is 34.7. The molecule has 7 nitrogen and oxygen atoms in total. The van der Waals surface area contributed by atoms with Crippen molar-refractivity contribution in [2.75, 3.05) is 10.2 Å². The number of carbonyl (C=O) groups excluding carboxylic acids is 2. The number of pyridine rings is 2. The Morgan fingerprint density at radius 2 is 2.08 bits per heavy atom. The number of aromatic nitrogens is 2. The molecule has 1 aliphatic carbocycles. The van der Waals surface area contributed by atoms with Gasteiger partial charge in [0.15, 0.2) is 5.82 Å². The zero-order chi connectivity index (χ0) is 16.7. The molecule has 0 radical (unpaired) electrons. The minimum absolute atomic E-state index is 0.0861. The minimum Gasteiger partial charge on any atom is -0.461 e. The van der Waals surface area contributed by atoms with E-state index in [1.807, 2.05) is 4.90 Å². The second-order valence-corrected chi connectivity index (χ2v) is 5.88. The fourth-order valence-corrected chi connectivity index (χ4v) is 2.83. The number of esters is 1. The molecule has 122 valence electrons. The van der Waals surface area contributed by atoms with Gasteiger partial charge in [-0.05, 0) is 31.0 Å². The zero-order valence-electron chi connectivity index (χ0n) is 13.2. The van der Waals surface area contributed by atoms with Crippen LogP contribution in [0.3, 0.4) is 0 Å². The Balaban J connectivity index is 1.85. The lowest BCUT2D eigenvalue weighted by Crippen LogP contribution is -2.22. The summed E-state index contributed by atoms with van der Waals surface area (Å²) in [5.41, 5.74) is 1.80. The van der Waals surface area contributed by atoms with Crippen molar-refractivity contribution in [3.05, 3.63) is 41.7 Å². The fourth-order valence-electron chi connectivity index (χ4n) is 2.83. The lowest BCUT2D eigenvalue weighted by Gasteiger charge is -2.24. The van der Waals surface area contributed by atoms with Gasteiger partial charge in [-0.2, -0.15) is 0 Å². The third kappa shape index (κ3) is 2.47. The van der Waals surface area contributed by atoms with Crippen molar-refractivity contribution in [3.63, 3.8) is 0 Å². The number of anilines is 3. The van der Waals surface area contributed by atoms with Gasteiger partial charge in [-0.1, -0.05) is 0 Å². The standard InChI is InChI=1S/C17H16N4O3/c1-10(22)24-9-11-6-8-19-16-14(11)20-17(23)13-3-2-7-18-15(13)21(16)12-4-5-12/h2-3,6-8,12H,4-5,9H2,1H3,(H,20,23). The van der Waals surface area contributed by atoms with Gasteiger partial charge in [-0.15, -0.1) is 0 Å². The second-order valence-electron chi connectivity index (χ2n) is 5.88. The first-order valence-corrected chi connectivity index (χ1v) is 7.82. The fraction of sp³-hybridized carbons (Fsp3) is 0.294. The number of rotatable bonds is 3. The third-order valence-electron chi connectivity index (χ3n) is 4.09. The highest BCUT2D eigenvalue weighted by Gasteiger charge is 2.38. The van der Waals surface area contributed by atoms with Crippen LogP contribution in [-0.4, -0.2) is 27.9 Å². The van der Waals surface area contributed by atoms with Crippen LogP contribution in [-0.2, 0) is 16.1 Å². The quantitative estimate of drug-likeness (QED) is 0.873. The molecule has 3 heterocycles. The summed E-state index contributed by atoms with van der Waals surface area (Å²) in [5, 5.41) is 2.91. The molecule has 2 aromatic rings. The molecule has 0 saturated heterocycles. The number of amides is 1. The molecule has 0 atom stereocenters. The van der Waals surface area contributed by atoms with Crippen molar-refractivity contribution in [2.45, 2.75) is 32.4 Å². The number of hydrogen-bond acceptors (Lipinski definition) is 6. The molecule has 2 aliphatic rings. The molecule has 1 saturated carbocycles. The molecule has 0 unspecified atom stereocenters. The summed E-state index contributed by atoms with van der Waals surface area (Å²) >= 11 is 0. The first kappa shape index (κ1) is 14.6. The van der Waals surface area contributed by atoms with E-state index in [4.69, 9.17) is 4.74 Å². The van der Waals surface area contributed by atoms with Crippen LogP contribution >= 0.6 is 0 Å². The van der Waals surface area contributed by atoms with E-state index in [1.165, 1.54) is 6.92 Å². The highest BCUT2D eigenvalue weighted by atomic mass is 16.5. The van der Waals surface area contributed by atoms with E-state index in [0.29, 0.717) is 28.5 Å². The maximum absolute atomic E-state index is 12.6. The summed E-state index contributed by atoms with van der Waals surface area (Å²) < 4.78 is 5.11. The predicted molar refractivity (Wildman–Crippen MR) is 87.1 cm³/mol. The van der Waals surface area contributed by atoms with Crippen molar-refractivity contribution >= 4 is 29.2 Å². The van der Waals surface area contributed by atoms with E-state index in [2.05, 4.69) is 15.3 Å². The average Bonchev–Trinajstić information content (AvgIpc) is 3.40. The molecule has 4 rings (SSSR count). The van der Waals surface area contributed by atoms with Crippen LogP contribution < -0.4 is 10.2 Å². The molecule has 0 spiro atoms.